The molecule has 2 fully saturated rings. The summed E-state index contributed by atoms with van der Waals surface area (Å²) in [4.78, 5) is 19.1. The topological polar surface area (TPSA) is 89.0 Å². The minimum atomic E-state index is -3.58. The van der Waals surface area contributed by atoms with E-state index in [1.807, 2.05) is 6.92 Å². The Morgan fingerprint density at radius 1 is 1.13 bits per heavy atom. The van der Waals surface area contributed by atoms with Crippen LogP contribution in [0.5, 0.6) is 5.88 Å². The van der Waals surface area contributed by atoms with E-state index >= 15 is 0 Å². The van der Waals surface area contributed by atoms with Gasteiger partial charge in [-0.05, 0) is 37.6 Å². The zero-order valence-electron chi connectivity index (χ0n) is 16.9. The fraction of sp³-hybridized carbons (Fsp3) is 0.429. The average molecular weight is 432 g/mol. The Balaban J connectivity index is 1.46. The molecule has 2 aliphatic heterocycles. The van der Waals surface area contributed by atoms with Gasteiger partial charge in [0.1, 0.15) is 11.7 Å². The van der Waals surface area contributed by atoms with Gasteiger partial charge in [-0.25, -0.2) is 13.4 Å². The van der Waals surface area contributed by atoms with Gasteiger partial charge in [-0.3, -0.25) is 4.79 Å². The van der Waals surface area contributed by atoms with Gasteiger partial charge in [0, 0.05) is 25.8 Å². The van der Waals surface area contributed by atoms with Crippen molar-refractivity contribution in [2.24, 2.45) is 0 Å². The summed E-state index contributed by atoms with van der Waals surface area (Å²) < 4.78 is 38.6. The molecule has 2 aliphatic rings. The molecule has 2 aromatic rings. The van der Waals surface area contributed by atoms with Gasteiger partial charge in [0.05, 0.1) is 24.7 Å². The number of aromatic nitrogens is 1. The Bertz CT molecular complexity index is 1000. The molecule has 8 nitrogen and oxygen atoms in total. The number of amides is 1. The Morgan fingerprint density at radius 2 is 1.87 bits per heavy atom. The second-order valence-corrected chi connectivity index (χ2v) is 9.40. The molecule has 2 saturated heterocycles. The van der Waals surface area contributed by atoms with Crippen molar-refractivity contribution >= 4 is 15.9 Å². The van der Waals surface area contributed by atoms with Gasteiger partial charge < -0.3 is 14.4 Å². The van der Waals surface area contributed by atoms with Crippen molar-refractivity contribution in [1.82, 2.24) is 14.2 Å². The lowest BCUT2D eigenvalue weighted by Gasteiger charge is -2.27. The van der Waals surface area contributed by atoms with Gasteiger partial charge in [-0.2, -0.15) is 4.31 Å². The number of carbonyl (C=O) groups is 1. The van der Waals surface area contributed by atoms with Crippen LogP contribution in [0, 0.1) is 6.92 Å². The molecule has 1 aromatic carbocycles. The molecule has 3 heterocycles. The zero-order chi connectivity index (χ0) is 21.1. The van der Waals surface area contributed by atoms with Crippen molar-refractivity contribution < 1.29 is 22.7 Å². The van der Waals surface area contributed by atoms with Crippen LogP contribution < -0.4 is 4.74 Å². The van der Waals surface area contributed by atoms with Crippen molar-refractivity contribution in [3.05, 3.63) is 53.7 Å². The minimum absolute atomic E-state index is 0.150. The lowest BCUT2D eigenvalue weighted by molar-refractivity contribution is 0.0298. The molecular formula is C21H25N3O5S. The molecule has 0 N–H and O–H groups in total. The maximum Gasteiger partial charge on any atom is 0.259 e. The van der Waals surface area contributed by atoms with Crippen LogP contribution in [0.15, 0.2) is 47.5 Å². The summed E-state index contributed by atoms with van der Waals surface area (Å²) >= 11 is 0. The van der Waals surface area contributed by atoms with E-state index in [2.05, 4.69) is 4.98 Å². The summed E-state index contributed by atoms with van der Waals surface area (Å²) in [7, 11) is -3.58. The highest BCUT2D eigenvalue weighted by atomic mass is 32.2. The predicted molar refractivity (Wildman–Crippen MR) is 110 cm³/mol. The van der Waals surface area contributed by atoms with Gasteiger partial charge in [-0.1, -0.05) is 17.7 Å². The quantitative estimate of drug-likeness (QED) is 0.716. The van der Waals surface area contributed by atoms with Crippen molar-refractivity contribution in [3.8, 4) is 5.88 Å². The smallest absolute Gasteiger partial charge is 0.259 e. The second-order valence-electron chi connectivity index (χ2n) is 7.47. The SMILES string of the molecule is Cc1ccc(S(=O)(=O)N2CCC(Oc3ncccc3C(=O)N3CCOCC3)C2)cc1. The molecule has 160 valence electrons. The Hall–Kier alpha value is -2.49. The number of carbonyl (C=O) groups excluding carboxylic acids is 1. The van der Waals surface area contributed by atoms with E-state index in [9.17, 15) is 13.2 Å². The molecule has 9 heteroatoms. The number of aryl methyl sites for hydroxylation is 1. The van der Waals surface area contributed by atoms with Crippen molar-refractivity contribution in [1.29, 1.82) is 0 Å². The van der Waals surface area contributed by atoms with Crippen LogP contribution in [0.25, 0.3) is 0 Å². The summed E-state index contributed by atoms with van der Waals surface area (Å²) in [6, 6.07) is 10.2. The molecule has 1 amide bonds. The molecule has 0 radical (unpaired) electrons. The molecule has 1 unspecified atom stereocenters. The molecule has 0 spiro atoms. The number of hydrogen-bond acceptors (Lipinski definition) is 6. The van der Waals surface area contributed by atoms with Crippen LogP contribution >= 0.6 is 0 Å². The summed E-state index contributed by atoms with van der Waals surface area (Å²) in [5.74, 6) is 0.0945. The number of rotatable bonds is 5. The highest BCUT2D eigenvalue weighted by molar-refractivity contribution is 7.89. The number of nitrogens with zero attached hydrogens (tertiary/aromatic N) is 3. The predicted octanol–water partition coefficient (Wildman–Crippen LogP) is 1.70. The van der Waals surface area contributed by atoms with Gasteiger partial charge in [0.25, 0.3) is 5.91 Å². The monoisotopic (exact) mass is 431 g/mol. The number of morpholine rings is 1. The molecule has 0 aliphatic carbocycles. The lowest BCUT2D eigenvalue weighted by atomic mass is 10.2. The Labute approximate surface area is 176 Å². The fourth-order valence-electron chi connectivity index (χ4n) is 3.61. The zero-order valence-corrected chi connectivity index (χ0v) is 17.7. The van der Waals surface area contributed by atoms with Crippen molar-refractivity contribution in [2.45, 2.75) is 24.3 Å². The highest BCUT2D eigenvalue weighted by Gasteiger charge is 2.34. The lowest BCUT2D eigenvalue weighted by Crippen LogP contribution is -2.41. The van der Waals surface area contributed by atoms with Crippen LogP contribution in [0.3, 0.4) is 0 Å². The van der Waals surface area contributed by atoms with E-state index < -0.39 is 10.0 Å². The molecular weight excluding hydrogens is 406 g/mol. The van der Waals surface area contributed by atoms with E-state index in [4.69, 9.17) is 9.47 Å². The molecule has 1 atom stereocenters. The van der Waals surface area contributed by atoms with Gasteiger partial charge >= 0.3 is 0 Å². The summed E-state index contributed by atoms with van der Waals surface area (Å²) in [5.41, 5.74) is 1.39. The van der Waals surface area contributed by atoms with E-state index in [1.54, 1.807) is 47.5 Å². The van der Waals surface area contributed by atoms with Crippen LogP contribution in [-0.4, -0.2) is 74.0 Å². The van der Waals surface area contributed by atoms with Crippen LogP contribution in [0.1, 0.15) is 22.3 Å². The van der Waals surface area contributed by atoms with E-state index in [0.29, 0.717) is 44.8 Å². The van der Waals surface area contributed by atoms with E-state index in [0.717, 1.165) is 5.56 Å². The molecule has 0 saturated carbocycles. The largest absolute Gasteiger partial charge is 0.472 e. The summed E-state index contributed by atoms with van der Waals surface area (Å²) in [6.07, 6.45) is 1.74. The number of ether oxygens (including phenoxy) is 2. The second kappa shape index (κ2) is 8.71. The average Bonchev–Trinajstić information content (AvgIpc) is 3.24. The Morgan fingerprint density at radius 3 is 2.60 bits per heavy atom. The molecule has 1 aromatic heterocycles. The standard InChI is InChI=1S/C21H25N3O5S/c1-16-4-6-18(7-5-16)30(26,27)24-10-8-17(15-24)29-20-19(3-2-9-22-20)21(25)23-11-13-28-14-12-23/h2-7,9,17H,8,10-15H2,1H3. The van der Waals surface area contributed by atoms with Crippen molar-refractivity contribution in [2.75, 3.05) is 39.4 Å². The van der Waals surface area contributed by atoms with Gasteiger partial charge in [0.2, 0.25) is 15.9 Å². The first kappa shape index (κ1) is 20.8. The fourth-order valence-corrected chi connectivity index (χ4v) is 5.10. The third kappa shape index (κ3) is 4.33. The van der Waals surface area contributed by atoms with Crippen LogP contribution in [-0.2, 0) is 14.8 Å². The first-order valence-corrected chi connectivity index (χ1v) is 11.4. The molecule has 30 heavy (non-hydrogen) atoms. The normalized spacial score (nSPS) is 20.3. The van der Waals surface area contributed by atoms with E-state index in [-0.39, 0.29) is 29.3 Å². The van der Waals surface area contributed by atoms with Crippen molar-refractivity contribution in [3.63, 3.8) is 0 Å². The van der Waals surface area contributed by atoms with Crippen LogP contribution in [0.2, 0.25) is 0 Å². The van der Waals surface area contributed by atoms with Gasteiger partial charge in [-0.15, -0.1) is 0 Å². The molecule has 0 bridgehead atoms. The Kier molecular flexibility index (Phi) is 6.03. The minimum Gasteiger partial charge on any atom is -0.472 e. The highest BCUT2D eigenvalue weighted by Crippen LogP contribution is 2.26. The summed E-state index contributed by atoms with van der Waals surface area (Å²) in [6.45, 7) is 4.57. The number of hydrogen-bond donors (Lipinski definition) is 0. The third-order valence-corrected chi connectivity index (χ3v) is 7.22. The maximum atomic E-state index is 12.9. The summed E-state index contributed by atoms with van der Waals surface area (Å²) in [5, 5.41) is 0. The first-order chi connectivity index (χ1) is 14.4. The first-order valence-electron chi connectivity index (χ1n) is 10.0. The van der Waals surface area contributed by atoms with Crippen LogP contribution in [0.4, 0.5) is 0 Å². The third-order valence-electron chi connectivity index (χ3n) is 5.34. The van der Waals surface area contributed by atoms with Gasteiger partial charge in [0.15, 0.2) is 0 Å². The maximum absolute atomic E-state index is 12.9. The number of sulfonamides is 1. The number of benzene rings is 1. The number of pyridine rings is 1. The molecule has 4 rings (SSSR count). The van der Waals surface area contributed by atoms with E-state index in [1.165, 1.54) is 4.31 Å².